The molecule has 12 heteroatoms. The van der Waals surface area contributed by atoms with Crippen molar-refractivity contribution in [2.75, 3.05) is 48.0 Å². The van der Waals surface area contributed by atoms with E-state index in [9.17, 15) is 20.0 Å². The van der Waals surface area contributed by atoms with Crippen LogP contribution in [0.2, 0.25) is 0 Å². The first-order chi connectivity index (χ1) is 14.2. The number of nitrogens with two attached hydrogens (primary N) is 1. The maximum atomic E-state index is 11.6. The van der Waals surface area contributed by atoms with Crippen LogP contribution < -0.4 is 21.3 Å². The number of carbonyl (C=O) groups is 1. The van der Waals surface area contributed by atoms with Crippen LogP contribution in [0.25, 0.3) is 0 Å². The SMILES string of the molecule is CCOC(=O)Nc1cc(NCC(O)CN(C)c2ccc(C)cc2)c([N+](=O)[O-])c(N)n1.Cl. The molecule has 0 bridgehead atoms. The number of nitrogens with zero attached hydrogens (tertiary/aromatic N) is 3. The van der Waals surface area contributed by atoms with Gasteiger partial charge >= 0.3 is 11.8 Å². The van der Waals surface area contributed by atoms with Crippen molar-refractivity contribution in [2.45, 2.75) is 20.0 Å². The van der Waals surface area contributed by atoms with Crippen LogP contribution in [-0.2, 0) is 4.74 Å². The third kappa shape index (κ3) is 7.46. The molecular weight excluding hydrogens is 428 g/mol. The van der Waals surface area contributed by atoms with E-state index in [2.05, 4.69) is 15.6 Å². The normalized spacial score (nSPS) is 11.1. The average molecular weight is 455 g/mol. The van der Waals surface area contributed by atoms with Crippen LogP contribution >= 0.6 is 12.4 Å². The first kappa shape index (κ1) is 25.7. The van der Waals surface area contributed by atoms with Crippen molar-refractivity contribution in [3.63, 3.8) is 0 Å². The summed E-state index contributed by atoms with van der Waals surface area (Å²) in [6, 6.07) is 9.09. The second-order valence-electron chi connectivity index (χ2n) is 6.64. The Morgan fingerprint density at radius 3 is 2.61 bits per heavy atom. The molecule has 0 aliphatic rings. The number of amides is 1. The Hall–Kier alpha value is -3.31. The number of nitro groups is 1. The number of aryl methyl sites for hydroxylation is 1. The molecule has 5 N–H and O–H groups in total. The number of aliphatic hydroxyl groups is 1. The number of likely N-dealkylation sites (N-methyl/N-ethyl adjacent to an activating group) is 1. The highest BCUT2D eigenvalue weighted by Crippen LogP contribution is 2.32. The number of halogens is 1. The molecule has 0 saturated carbocycles. The molecule has 1 aromatic carbocycles. The van der Waals surface area contributed by atoms with E-state index in [-0.39, 0.29) is 42.9 Å². The summed E-state index contributed by atoms with van der Waals surface area (Å²) in [5, 5.41) is 26.9. The van der Waals surface area contributed by atoms with Crippen LogP contribution in [-0.4, -0.2) is 54.0 Å². The number of rotatable bonds is 9. The summed E-state index contributed by atoms with van der Waals surface area (Å²) in [6.45, 7) is 4.08. The number of aliphatic hydroxyl groups excluding tert-OH is 1. The highest BCUT2D eigenvalue weighted by molar-refractivity contribution is 5.86. The number of hydrogen-bond donors (Lipinski definition) is 4. The van der Waals surface area contributed by atoms with Gasteiger partial charge in [0.05, 0.1) is 17.6 Å². The smallest absolute Gasteiger partial charge is 0.412 e. The van der Waals surface area contributed by atoms with Crippen molar-refractivity contribution in [1.82, 2.24) is 4.98 Å². The van der Waals surface area contributed by atoms with E-state index >= 15 is 0 Å². The number of nitrogen functional groups attached to an aromatic ring is 1. The van der Waals surface area contributed by atoms with Gasteiger partial charge in [0.15, 0.2) is 0 Å². The van der Waals surface area contributed by atoms with Gasteiger partial charge in [-0.25, -0.2) is 9.78 Å². The van der Waals surface area contributed by atoms with Crippen LogP contribution in [0.1, 0.15) is 12.5 Å². The number of nitrogens with one attached hydrogen (secondary N) is 2. The Balaban J connectivity index is 0.00000480. The van der Waals surface area contributed by atoms with Crippen LogP contribution in [0.15, 0.2) is 30.3 Å². The second kappa shape index (κ2) is 11.8. The van der Waals surface area contributed by atoms with Crippen LogP contribution in [0.3, 0.4) is 0 Å². The predicted octanol–water partition coefficient (Wildman–Crippen LogP) is 2.78. The van der Waals surface area contributed by atoms with Crippen molar-refractivity contribution in [1.29, 1.82) is 0 Å². The minimum absolute atomic E-state index is 0. The van der Waals surface area contributed by atoms with Gasteiger partial charge in [0.1, 0.15) is 11.5 Å². The molecule has 1 amide bonds. The molecule has 1 atom stereocenters. The average Bonchev–Trinajstić information content (AvgIpc) is 2.66. The first-order valence-electron chi connectivity index (χ1n) is 9.29. The zero-order chi connectivity index (χ0) is 22.3. The number of anilines is 4. The minimum atomic E-state index is -0.841. The van der Waals surface area contributed by atoms with Gasteiger partial charge in [-0.15, -0.1) is 12.4 Å². The quantitative estimate of drug-likeness (QED) is 0.330. The van der Waals surface area contributed by atoms with Gasteiger partial charge < -0.3 is 25.8 Å². The molecule has 0 aliphatic heterocycles. The van der Waals surface area contributed by atoms with Crippen molar-refractivity contribution in [3.8, 4) is 0 Å². The number of ether oxygens (including phenoxy) is 1. The van der Waals surface area contributed by atoms with E-state index in [0.29, 0.717) is 6.54 Å². The highest BCUT2D eigenvalue weighted by atomic mass is 35.5. The number of pyridine rings is 1. The third-order valence-electron chi connectivity index (χ3n) is 4.20. The molecule has 0 fully saturated rings. The summed E-state index contributed by atoms with van der Waals surface area (Å²) in [6.07, 6.45) is -1.60. The zero-order valence-corrected chi connectivity index (χ0v) is 18.3. The summed E-state index contributed by atoms with van der Waals surface area (Å²) in [5.74, 6) is -0.381. The van der Waals surface area contributed by atoms with Gasteiger partial charge in [0.25, 0.3) is 0 Å². The van der Waals surface area contributed by atoms with Crippen LogP contribution in [0.5, 0.6) is 0 Å². The fourth-order valence-corrected chi connectivity index (χ4v) is 2.73. The lowest BCUT2D eigenvalue weighted by Crippen LogP contribution is -2.33. The number of hydrogen-bond acceptors (Lipinski definition) is 9. The largest absolute Gasteiger partial charge is 0.450 e. The first-order valence-corrected chi connectivity index (χ1v) is 9.29. The fourth-order valence-electron chi connectivity index (χ4n) is 2.73. The van der Waals surface area contributed by atoms with Gasteiger partial charge in [0, 0.05) is 31.9 Å². The van der Waals surface area contributed by atoms with Crippen LogP contribution in [0.4, 0.5) is 33.5 Å². The standard InChI is InChI=1S/C19H26N6O5.ClH/c1-4-30-19(27)23-16-9-15(17(25(28)29)18(20)22-16)21-10-14(26)11-24(3)13-7-5-12(2)6-8-13;/h5-9,14,26H,4,10-11H2,1-3H3,(H4,20,21,22,23,27);1H. The summed E-state index contributed by atoms with van der Waals surface area (Å²) in [4.78, 5) is 28.0. The summed E-state index contributed by atoms with van der Waals surface area (Å²) in [7, 11) is 1.84. The lowest BCUT2D eigenvalue weighted by atomic mass is 10.2. The monoisotopic (exact) mass is 454 g/mol. The van der Waals surface area contributed by atoms with E-state index in [1.165, 1.54) is 6.07 Å². The lowest BCUT2D eigenvalue weighted by Gasteiger charge is -2.23. The number of carbonyl (C=O) groups excluding carboxylic acids is 1. The maximum absolute atomic E-state index is 11.6. The molecular formula is C19H27ClN6O5. The van der Waals surface area contributed by atoms with E-state index in [1.54, 1.807) is 6.92 Å². The fraction of sp³-hybridized carbons (Fsp3) is 0.368. The molecule has 0 saturated heterocycles. The van der Waals surface area contributed by atoms with Gasteiger partial charge in [-0.05, 0) is 26.0 Å². The predicted molar refractivity (Wildman–Crippen MR) is 122 cm³/mol. The summed E-state index contributed by atoms with van der Waals surface area (Å²) < 4.78 is 4.76. The van der Waals surface area contributed by atoms with Crippen LogP contribution in [0, 0.1) is 17.0 Å². The van der Waals surface area contributed by atoms with Gasteiger partial charge in [-0.1, -0.05) is 17.7 Å². The second-order valence-corrected chi connectivity index (χ2v) is 6.64. The molecule has 170 valence electrons. The van der Waals surface area contributed by atoms with E-state index in [0.717, 1.165) is 11.3 Å². The zero-order valence-electron chi connectivity index (χ0n) is 17.5. The number of aromatic nitrogens is 1. The van der Waals surface area contributed by atoms with Crippen molar-refractivity contribution in [3.05, 3.63) is 46.0 Å². The van der Waals surface area contributed by atoms with E-state index in [1.807, 2.05) is 43.1 Å². The third-order valence-corrected chi connectivity index (χ3v) is 4.20. The molecule has 1 aromatic heterocycles. The maximum Gasteiger partial charge on any atom is 0.412 e. The lowest BCUT2D eigenvalue weighted by molar-refractivity contribution is -0.383. The van der Waals surface area contributed by atoms with E-state index < -0.39 is 22.8 Å². The van der Waals surface area contributed by atoms with Crippen molar-refractivity contribution >= 4 is 47.2 Å². The Morgan fingerprint density at radius 1 is 1.39 bits per heavy atom. The molecule has 2 rings (SSSR count). The Bertz CT molecular complexity index is 896. The Kier molecular flexibility index (Phi) is 9.77. The summed E-state index contributed by atoms with van der Waals surface area (Å²) >= 11 is 0. The van der Waals surface area contributed by atoms with Gasteiger partial charge in [-0.3, -0.25) is 15.4 Å². The van der Waals surface area contributed by atoms with Gasteiger partial charge in [-0.2, -0.15) is 0 Å². The molecule has 31 heavy (non-hydrogen) atoms. The molecule has 0 aliphatic carbocycles. The number of benzene rings is 1. The molecule has 0 spiro atoms. The molecule has 1 heterocycles. The van der Waals surface area contributed by atoms with Crippen molar-refractivity contribution in [2.24, 2.45) is 0 Å². The topological polar surface area (TPSA) is 156 Å². The summed E-state index contributed by atoms with van der Waals surface area (Å²) in [5.41, 5.74) is 7.33. The molecule has 0 radical (unpaired) electrons. The Labute approximate surface area is 186 Å². The van der Waals surface area contributed by atoms with Gasteiger partial charge in [0.2, 0.25) is 5.82 Å². The Morgan fingerprint density at radius 2 is 2.03 bits per heavy atom. The molecule has 11 nitrogen and oxygen atoms in total. The molecule has 2 aromatic rings. The highest BCUT2D eigenvalue weighted by Gasteiger charge is 2.23. The van der Waals surface area contributed by atoms with E-state index in [4.69, 9.17) is 10.5 Å². The molecule has 1 unspecified atom stereocenters. The minimum Gasteiger partial charge on any atom is -0.450 e. The van der Waals surface area contributed by atoms with Crippen molar-refractivity contribution < 1.29 is 19.6 Å².